The number of piperidine rings is 1. The number of ether oxygens (including phenoxy) is 1. The maximum Gasteiger partial charge on any atom is 0.223 e. The Kier molecular flexibility index (Phi) is 6.25. The third kappa shape index (κ3) is 5.06. The van der Waals surface area contributed by atoms with Crippen LogP contribution in [0.4, 0.5) is 0 Å². The van der Waals surface area contributed by atoms with Crippen LogP contribution in [0.2, 0.25) is 0 Å². The van der Waals surface area contributed by atoms with E-state index in [0.717, 1.165) is 37.2 Å². The minimum atomic E-state index is -0.0822. The Morgan fingerprint density at radius 1 is 1.09 bits per heavy atom. The topological polar surface area (TPSA) is 58.6 Å². The van der Waals surface area contributed by atoms with Crippen LogP contribution >= 0.6 is 0 Å². The maximum absolute atomic E-state index is 12.0. The first-order valence-corrected chi connectivity index (χ1v) is 7.86. The number of nitrogens with one attached hydrogen (secondary N) is 1. The SMILES string of the molecule is COc1ccc(CNC(=O)CCC(=O)N2CCCCC2)cc1. The van der Waals surface area contributed by atoms with Crippen LogP contribution in [-0.2, 0) is 16.1 Å². The number of hydrogen-bond donors (Lipinski definition) is 1. The first kappa shape index (κ1) is 16.3. The third-order valence-electron chi connectivity index (χ3n) is 3.92. The first-order chi connectivity index (χ1) is 10.7. The highest BCUT2D eigenvalue weighted by Gasteiger charge is 2.17. The zero-order valence-electron chi connectivity index (χ0n) is 13.1. The Morgan fingerprint density at radius 3 is 2.41 bits per heavy atom. The summed E-state index contributed by atoms with van der Waals surface area (Å²) in [5.41, 5.74) is 1.01. The molecule has 1 aliphatic rings. The number of nitrogens with zero attached hydrogens (tertiary/aromatic N) is 1. The summed E-state index contributed by atoms with van der Waals surface area (Å²) in [6, 6.07) is 7.55. The van der Waals surface area contributed by atoms with Crippen molar-refractivity contribution in [3.8, 4) is 5.75 Å². The summed E-state index contributed by atoms with van der Waals surface area (Å²) in [5, 5.41) is 2.84. The molecule has 120 valence electrons. The van der Waals surface area contributed by atoms with E-state index in [-0.39, 0.29) is 18.2 Å². The number of carbonyl (C=O) groups is 2. The Balaban J connectivity index is 1.67. The van der Waals surface area contributed by atoms with Crippen molar-refractivity contribution in [3.63, 3.8) is 0 Å². The Hall–Kier alpha value is -2.04. The van der Waals surface area contributed by atoms with E-state index in [9.17, 15) is 9.59 Å². The maximum atomic E-state index is 12.0. The smallest absolute Gasteiger partial charge is 0.223 e. The van der Waals surface area contributed by atoms with E-state index >= 15 is 0 Å². The van der Waals surface area contributed by atoms with Gasteiger partial charge in [-0.05, 0) is 37.0 Å². The average Bonchev–Trinajstić information content (AvgIpc) is 2.59. The van der Waals surface area contributed by atoms with Gasteiger partial charge in [0.15, 0.2) is 0 Å². The standard InChI is InChI=1S/C17H24N2O3/c1-22-15-7-5-14(6-8-15)13-18-16(20)9-10-17(21)19-11-3-2-4-12-19/h5-8H,2-4,9-13H2,1H3,(H,18,20). The van der Waals surface area contributed by atoms with Crippen molar-refractivity contribution in [1.29, 1.82) is 0 Å². The summed E-state index contributed by atoms with van der Waals surface area (Å²) in [6.45, 7) is 2.15. The van der Waals surface area contributed by atoms with Crippen LogP contribution in [0.25, 0.3) is 0 Å². The van der Waals surface area contributed by atoms with Crippen LogP contribution in [0, 0.1) is 0 Å². The van der Waals surface area contributed by atoms with Gasteiger partial charge in [0.1, 0.15) is 5.75 Å². The molecule has 0 spiro atoms. The average molecular weight is 304 g/mol. The van der Waals surface area contributed by atoms with Crippen molar-refractivity contribution in [1.82, 2.24) is 10.2 Å². The molecule has 1 aromatic carbocycles. The lowest BCUT2D eigenvalue weighted by Crippen LogP contribution is -2.36. The number of methoxy groups -OCH3 is 1. The molecule has 0 radical (unpaired) electrons. The highest BCUT2D eigenvalue weighted by Crippen LogP contribution is 2.12. The van der Waals surface area contributed by atoms with Gasteiger partial charge in [-0.3, -0.25) is 9.59 Å². The second-order valence-electron chi connectivity index (χ2n) is 5.57. The molecule has 0 saturated carbocycles. The van der Waals surface area contributed by atoms with Gasteiger partial charge >= 0.3 is 0 Å². The van der Waals surface area contributed by atoms with Gasteiger partial charge in [0, 0.05) is 32.5 Å². The Bertz CT molecular complexity index is 493. The fourth-order valence-electron chi connectivity index (χ4n) is 2.55. The third-order valence-corrected chi connectivity index (χ3v) is 3.92. The van der Waals surface area contributed by atoms with E-state index < -0.39 is 0 Å². The molecule has 5 nitrogen and oxygen atoms in total. The molecule has 1 aliphatic heterocycles. The van der Waals surface area contributed by atoms with Gasteiger partial charge in [-0.25, -0.2) is 0 Å². The lowest BCUT2D eigenvalue weighted by Gasteiger charge is -2.26. The van der Waals surface area contributed by atoms with E-state index in [2.05, 4.69) is 5.32 Å². The Labute approximate surface area is 131 Å². The molecule has 22 heavy (non-hydrogen) atoms. The van der Waals surface area contributed by atoms with Gasteiger partial charge in [0.05, 0.1) is 7.11 Å². The fraction of sp³-hybridized carbons (Fsp3) is 0.529. The molecule has 1 saturated heterocycles. The van der Waals surface area contributed by atoms with Crippen LogP contribution < -0.4 is 10.1 Å². The van der Waals surface area contributed by atoms with Crippen molar-refractivity contribution in [2.75, 3.05) is 20.2 Å². The summed E-state index contributed by atoms with van der Waals surface area (Å²) >= 11 is 0. The number of rotatable bonds is 6. The molecule has 0 unspecified atom stereocenters. The lowest BCUT2D eigenvalue weighted by molar-refractivity contribution is -0.134. The quantitative estimate of drug-likeness (QED) is 0.875. The van der Waals surface area contributed by atoms with Crippen molar-refractivity contribution in [2.45, 2.75) is 38.6 Å². The molecular weight excluding hydrogens is 280 g/mol. The van der Waals surface area contributed by atoms with E-state index in [1.165, 1.54) is 6.42 Å². The molecule has 5 heteroatoms. The van der Waals surface area contributed by atoms with E-state index in [1.807, 2.05) is 29.2 Å². The van der Waals surface area contributed by atoms with Gasteiger partial charge in [-0.2, -0.15) is 0 Å². The van der Waals surface area contributed by atoms with E-state index in [0.29, 0.717) is 13.0 Å². The molecule has 2 rings (SSSR count). The largest absolute Gasteiger partial charge is 0.497 e. The number of amides is 2. The van der Waals surface area contributed by atoms with Crippen LogP contribution in [0.15, 0.2) is 24.3 Å². The molecule has 0 aliphatic carbocycles. The Morgan fingerprint density at radius 2 is 1.77 bits per heavy atom. The first-order valence-electron chi connectivity index (χ1n) is 7.86. The minimum absolute atomic E-state index is 0.0822. The summed E-state index contributed by atoms with van der Waals surface area (Å²) in [5.74, 6) is 0.808. The molecule has 1 N–H and O–H groups in total. The fourth-order valence-corrected chi connectivity index (χ4v) is 2.55. The van der Waals surface area contributed by atoms with Gasteiger partial charge in [0.25, 0.3) is 0 Å². The monoisotopic (exact) mass is 304 g/mol. The molecule has 0 aromatic heterocycles. The molecule has 1 fully saturated rings. The predicted octanol–water partition coefficient (Wildman–Crippen LogP) is 2.10. The molecule has 1 aromatic rings. The minimum Gasteiger partial charge on any atom is -0.497 e. The number of likely N-dealkylation sites (tertiary alicyclic amines) is 1. The van der Waals surface area contributed by atoms with Crippen LogP contribution in [0.1, 0.15) is 37.7 Å². The van der Waals surface area contributed by atoms with Gasteiger partial charge in [-0.15, -0.1) is 0 Å². The van der Waals surface area contributed by atoms with Crippen molar-refractivity contribution in [3.05, 3.63) is 29.8 Å². The van der Waals surface area contributed by atoms with Gasteiger partial charge in [-0.1, -0.05) is 12.1 Å². The second-order valence-corrected chi connectivity index (χ2v) is 5.57. The predicted molar refractivity (Wildman–Crippen MR) is 84.5 cm³/mol. The van der Waals surface area contributed by atoms with Crippen molar-refractivity contribution >= 4 is 11.8 Å². The molecule has 1 heterocycles. The normalized spacial score (nSPS) is 14.5. The van der Waals surface area contributed by atoms with Gasteiger partial charge in [0.2, 0.25) is 11.8 Å². The van der Waals surface area contributed by atoms with Gasteiger partial charge < -0.3 is 15.0 Å². The number of benzene rings is 1. The lowest BCUT2D eigenvalue weighted by atomic mass is 10.1. The van der Waals surface area contributed by atoms with Crippen LogP contribution in [-0.4, -0.2) is 36.9 Å². The summed E-state index contributed by atoms with van der Waals surface area (Å²) in [6.07, 6.45) is 3.91. The highest BCUT2D eigenvalue weighted by molar-refractivity contribution is 5.83. The summed E-state index contributed by atoms with van der Waals surface area (Å²) in [7, 11) is 1.62. The van der Waals surface area contributed by atoms with Crippen LogP contribution in [0.3, 0.4) is 0 Å². The van der Waals surface area contributed by atoms with Crippen molar-refractivity contribution in [2.24, 2.45) is 0 Å². The zero-order chi connectivity index (χ0) is 15.8. The zero-order valence-corrected chi connectivity index (χ0v) is 13.1. The molecule has 0 bridgehead atoms. The van der Waals surface area contributed by atoms with Crippen molar-refractivity contribution < 1.29 is 14.3 Å². The van der Waals surface area contributed by atoms with Crippen LogP contribution in [0.5, 0.6) is 5.75 Å². The van der Waals surface area contributed by atoms with E-state index in [4.69, 9.17) is 4.74 Å². The molecule has 2 amide bonds. The summed E-state index contributed by atoms with van der Waals surface area (Å²) in [4.78, 5) is 25.7. The molecule has 0 atom stereocenters. The number of hydrogen-bond acceptors (Lipinski definition) is 3. The van der Waals surface area contributed by atoms with E-state index in [1.54, 1.807) is 7.11 Å². The summed E-state index contributed by atoms with van der Waals surface area (Å²) < 4.78 is 5.09. The molecular formula is C17H24N2O3. The number of carbonyl (C=O) groups excluding carboxylic acids is 2. The highest BCUT2D eigenvalue weighted by atomic mass is 16.5. The second kappa shape index (κ2) is 8.41.